The van der Waals surface area contributed by atoms with Crippen LogP contribution in [0.4, 0.5) is 0 Å². The Morgan fingerprint density at radius 2 is 2.16 bits per heavy atom. The SMILES string of the molecule is Cc1cc(/C(N)=N/O)cc(-n2ccc(C(C)C)n2)n1. The normalized spacial score (nSPS) is 12.1. The molecule has 2 heterocycles. The number of hydrogen-bond acceptors (Lipinski definition) is 4. The lowest BCUT2D eigenvalue weighted by Crippen LogP contribution is -2.14. The second kappa shape index (κ2) is 5.09. The number of rotatable bonds is 3. The molecule has 0 aliphatic rings. The summed E-state index contributed by atoms with van der Waals surface area (Å²) in [6.45, 7) is 6.01. The lowest BCUT2D eigenvalue weighted by atomic mass is 10.1. The molecule has 6 heteroatoms. The van der Waals surface area contributed by atoms with Crippen LogP contribution in [-0.4, -0.2) is 25.8 Å². The third-order valence-electron chi connectivity index (χ3n) is 2.78. The van der Waals surface area contributed by atoms with Gasteiger partial charge in [0.05, 0.1) is 5.69 Å². The van der Waals surface area contributed by atoms with Crippen molar-refractivity contribution >= 4 is 5.84 Å². The Morgan fingerprint density at radius 1 is 1.42 bits per heavy atom. The van der Waals surface area contributed by atoms with Gasteiger partial charge in [-0.1, -0.05) is 19.0 Å². The lowest BCUT2D eigenvalue weighted by molar-refractivity contribution is 0.318. The smallest absolute Gasteiger partial charge is 0.170 e. The second-order valence-corrected chi connectivity index (χ2v) is 4.68. The van der Waals surface area contributed by atoms with E-state index in [1.165, 1.54) is 0 Å². The van der Waals surface area contributed by atoms with Gasteiger partial charge in [0, 0.05) is 17.5 Å². The topological polar surface area (TPSA) is 89.3 Å². The molecule has 0 bridgehead atoms. The monoisotopic (exact) mass is 259 g/mol. The summed E-state index contributed by atoms with van der Waals surface area (Å²) in [5.74, 6) is 1.06. The van der Waals surface area contributed by atoms with Crippen LogP contribution in [0.3, 0.4) is 0 Å². The molecule has 2 aromatic heterocycles. The molecule has 0 aromatic carbocycles. The maximum Gasteiger partial charge on any atom is 0.170 e. The van der Waals surface area contributed by atoms with Gasteiger partial charge in [-0.25, -0.2) is 9.67 Å². The van der Waals surface area contributed by atoms with Gasteiger partial charge in [0.1, 0.15) is 0 Å². The van der Waals surface area contributed by atoms with Crippen molar-refractivity contribution in [1.82, 2.24) is 14.8 Å². The highest BCUT2D eigenvalue weighted by Crippen LogP contribution is 2.14. The Bertz CT molecular complexity index is 615. The van der Waals surface area contributed by atoms with Crippen LogP contribution in [0, 0.1) is 6.92 Å². The molecule has 0 saturated carbocycles. The molecule has 0 spiro atoms. The fraction of sp³-hybridized carbons (Fsp3) is 0.308. The Labute approximate surface area is 111 Å². The minimum Gasteiger partial charge on any atom is -0.409 e. The fourth-order valence-electron chi connectivity index (χ4n) is 1.75. The maximum atomic E-state index is 8.74. The number of pyridine rings is 1. The van der Waals surface area contributed by atoms with Crippen LogP contribution in [0.2, 0.25) is 0 Å². The van der Waals surface area contributed by atoms with Crippen molar-refractivity contribution in [1.29, 1.82) is 0 Å². The average molecular weight is 259 g/mol. The number of nitrogens with two attached hydrogens (primary N) is 1. The largest absolute Gasteiger partial charge is 0.409 e. The van der Waals surface area contributed by atoms with Crippen molar-refractivity contribution in [2.75, 3.05) is 0 Å². The van der Waals surface area contributed by atoms with Gasteiger partial charge >= 0.3 is 0 Å². The summed E-state index contributed by atoms with van der Waals surface area (Å²) in [6.07, 6.45) is 1.85. The highest BCUT2D eigenvalue weighted by Gasteiger charge is 2.09. The quantitative estimate of drug-likeness (QED) is 0.380. The van der Waals surface area contributed by atoms with E-state index in [9.17, 15) is 0 Å². The van der Waals surface area contributed by atoms with Crippen LogP contribution in [-0.2, 0) is 0 Å². The van der Waals surface area contributed by atoms with Crippen LogP contribution in [0.5, 0.6) is 0 Å². The van der Waals surface area contributed by atoms with Crippen molar-refractivity contribution in [3.8, 4) is 5.82 Å². The van der Waals surface area contributed by atoms with Gasteiger partial charge in [0.25, 0.3) is 0 Å². The third kappa shape index (κ3) is 2.73. The summed E-state index contributed by atoms with van der Waals surface area (Å²) in [7, 11) is 0. The van der Waals surface area contributed by atoms with Crippen molar-refractivity contribution in [3.05, 3.63) is 41.3 Å². The van der Waals surface area contributed by atoms with E-state index in [-0.39, 0.29) is 5.84 Å². The molecule has 0 aliphatic heterocycles. The highest BCUT2D eigenvalue weighted by molar-refractivity contribution is 5.97. The van der Waals surface area contributed by atoms with Gasteiger partial charge in [-0.15, -0.1) is 0 Å². The van der Waals surface area contributed by atoms with Gasteiger partial charge in [-0.2, -0.15) is 5.10 Å². The van der Waals surface area contributed by atoms with E-state index in [1.54, 1.807) is 16.8 Å². The lowest BCUT2D eigenvalue weighted by Gasteiger charge is -2.06. The molecule has 0 aliphatic carbocycles. The predicted molar refractivity (Wildman–Crippen MR) is 72.7 cm³/mol. The summed E-state index contributed by atoms with van der Waals surface area (Å²) < 4.78 is 1.69. The molecule has 0 unspecified atom stereocenters. The van der Waals surface area contributed by atoms with E-state index < -0.39 is 0 Å². The van der Waals surface area contributed by atoms with Crippen molar-refractivity contribution in [2.45, 2.75) is 26.7 Å². The van der Waals surface area contributed by atoms with E-state index in [0.29, 0.717) is 17.3 Å². The van der Waals surface area contributed by atoms with Crippen LogP contribution >= 0.6 is 0 Å². The molecule has 100 valence electrons. The molecular weight excluding hydrogens is 242 g/mol. The molecule has 0 fully saturated rings. The number of hydrogen-bond donors (Lipinski definition) is 2. The standard InChI is InChI=1S/C13H17N5O/c1-8(2)11-4-5-18(16-11)12-7-10(13(14)17-19)6-9(3)15-12/h4-8,19H,1-3H3,(H2,14,17). The molecule has 0 saturated heterocycles. The first-order valence-corrected chi connectivity index (χ1v) is 6.03. The van der Waals surface area contributed by atoms with Crippen molar-refractivity contribution in [2.24, 2.45) is 10.9 Å². The number of aryl methyl sites for hydroxylation is 1. The number of nitrogens with zero attached hydrogens (tertiary/aromatic N) is 4. The van der Waals surface area contributed by atoms with E-state index >= 15 is 0 Å². The fourth-order valence-corrected chi connectivity index (χ4v) is 1.75. The van der Waals surface area contributed by atoms with Crippen molar-refractivity contribution in [3.63, 3.8) is 0 Å². The van der Waals surface area contributed by atoms with E-state index in [1.807, 2.05) is 19.2 Å². The Hall–Kier alpha value is -2.37. The number of aromatic nitrogens is 3. The van der Waals surface area contributed by atoms with Crippen LogP contribution in [0.15, 0.2) is 29.6 Å². The van der Waals surface area contributed by atoms with Gasteiger partial charge in [-0.05, 0) is 31.0 Å². The summed E-state index contributed by atoms with van der Waals surface area (Å²) in [6, 6.07) is 5.45. The average Bonchev–Trinajstić information content (AvgIpc) is 2.86. The van der Waals surface area contributed by atoms with Crippen LogP contribution in [0.1, 0.15) is 36.7 Å². The minimum atomic E-state index is 0.0583. The van der Waals surface area contributed by atoms with Gasteiger partial charge in [-0.3, -0.25) is 0 Å². The zero-order valence-electron chi connectivity index (χ0n) is 11.2. The summed E-state index contributed by atoms with van der Waals surface area (Å²) in [5.41, 5.74) is 8.00. The first-order valence-electron chi connectivity index (χ1n) is 6.03. The highest BCUT2D eigenvalue weighted by atomic mass is 16.4. The van der Waals surface area contributed by atoms with Crippen molar-refractivity contribution < 1.29 is 5.21 Å². The van der Waals surface area contributed by atoms with Crippen LogP contribution < -0.4 is 5.73 Å². The van der Waals surface area contributed by atoms with E-state index in [2.05, 4.69) is 29.1 Å². The summed E-state index contributed by atoms with van der Waals surface area (Å²) >= 11 is 0. The van der Waals surface area contributed by atoms with Gasteiger partial charge in [0.2, 0.25) is 0 Å². The summed E-state index contributed by atoms with van der Waals surface area (Å²) in [4.78, 5) is 4.40. The zero-order valence-corrected chi connectivity index (χ0v) is 11.2. The first-order chi connectivity index (χ1) is 9.01. The first kappa shape index (κ1) is 13.1. The molecule has 0 radical (unpaired) electrons. The molecule has 2 aromatic rings. The third-order valence-corrected chi connectivity index (χ3v) is 2.78. The molecule has 2 rings (SSSR count). The Morgan fingerprint density at radius 3 is 2.74 bits per heavy atom. The van der Waals surface area contributed by atoms with Gasteiger partial charge in [0.15, 0.2) is 11.7 Å². The molecule has 19 heavy (non-hydrogen) atoms. The molecule has 0 amide bonds. The molecular formula is C13H17N5O. The molecule has 3 N–H and O–H groups in total. The number of oxime groups is 1. The second-order valence-electron chi connectivity index (χ2n) is 4.68. The Balaban J connectivity index is 2.46. The van der Waals surface area contributed by atoms with Gasteiger partial charge < -0.3 is 10.9 Å². The summed E-state index contributed by atoms with van der Waals surface area (Å²) in [5, 5.41) is 16.2. The maximum absolute atomic E-state index is 8.74. The van der Waals surface area contributed by atoms with E-state index in [4.69, 9.17) is 10.9 Å². The molecule has 0 atom stereocenters. The van der Waals surface area contributed by atoms with Crippen LogP contribution in [0.25, 0.3) is 5.82 Å². The van der Waals surface area contributed by atoms with E-state index in [0.717, 1.165) is 11.4 Å². The zero-order chi connectivity index (χ0) is 14.0. The Kier molecular flexibility index (Phi) is 3.50. The number of amidine groups is 1. The molecule has 6 nitrogen and oxygen atoms in total. The minimum absolute atomic E-state index is 0.0583. The predicted octanol–water partition coefficient (Wildman–Crippen LogP) is 1.79.